The van der Waals surface area contributed by atoms with Gasteiger partial charge in [-0.1, -0.05) is 12.1 Å². The lowest BCUT2D eigenvalue weighted by molar-refractivity contribution is 0.0960. The number of para-hydroxylation sites is 1. The number of anilines is 3. The van der Waals surface area contributed by atoms with Gasteiger partial charge in [0.05, 0.1) is 17.3 Å². The Kier molecular flexibility index (Phi) is 4.64. The van der Waals surface area contributed by atoms with Gasteiger partial charge in [-0.3, -0.25) is 14.4 Å². The van der Waals surface area contributed by atoms with E-state index < -0.39 is 16.8 Å². The first-order valence-corrected chi connectivity index (χ1v) is 9.83. The Morgan fingerprint density at radius 2 is 1.89 bits per heavy atom. The molecule has 1 atom stereocenters. The molecule has 2 aromatic carbocycles. The molecule has 1 fully saturated rings. The fourth-order valence-electron chi connectivity index (χ4n) is 3.22. The average Bonchev–Trinajstić information content (AvgIpc) is 3.40. The highest BCUT2D eigenvalue weighted by Gasteiger charge is 2.35. The van der Waals surface area contributed by atoms with Crippen LogP contribution in [0.3, 0.4) is 0 Å². The van der Waals surface area contributed by atoms with Crippen LogP contribution in [-0.4, -0.2) is 18.1 Å². The van der Waals surface area contributed by atoms with Crippen molar-refractivity contribution in [3.63, 3.8) is 0 Å². The zero-order chi connectivity index (χ0) is 19.8. The number of benzene rings is 1. The Morgan fingerprint density at radius 1 is 1.14 bits per heavy atom. The highest BCUT2D eigenvalue weighted by Crippen LogP contribution is 2.44. The summed E-state index contributed by atoms with van der Waals surface area (Å²) in [5, 5.41) is 20.9. The summed E-state index contributed by atoms with van der Waals surface area (Å²) < 4.78 is 0. The number of rotatable bonds is 7. The van der Waals surface area contributed by atoms with E-state index in [1.165, 1.54) is 13.1 Å². The van der Waals surface area contributed by atoms with Crippen molar-refractivity contribution >= 4 is 34.3 Å². The van der Waals surface area contributed by atoms with Crippen LogP contribution in [-0.2, 0) is 0 Å². The molecule has 4 rings (SSSR count). The van der Waals surface area contributed by atoms with Crippen LogP contribution in [0, 0.1) is 5.92 Å². The molecule has 1 unspecified atom stereocenters. The number of hydrogen-bond donors (Lipinski definition) is 4. The van der Waals surface area contributed by atoms with Crippen LogP contribution < -0.4 is 26.8 Å². The SMILES string of the molecule is CNC(=O)c1cccc(Nc2c(NC(c3cccs3)C3CC3)c(=O)c2=O)c1O. The smallest absolute Gasteiger partial charge is 0.254 e. The van der Waals surface area contributed by atoms with Crippen molar-refractivity contribution in [2.75, 3.05) is 17.7 Å². The maximum absolute atomic E-state index is 12.2. The molecule has 0 radical (unpaired) electrons. The van der Waals surface area contributed by atoms with Crippen molar-refractivity contribution < 1.29 is 9.90 Å². The summed E-state index contributed by atoms with van der Waals surface area (Å²) in [5.41, 5.74) is -0.623. The van der Waals surface area contributed by atoms with Crippen LogP contribution in [0.1, 0.15) is 34.1 Å². The van der Waals surface area contributed by atoms with Gasteiger partial charge in [0.2, 0.25) is 0 Å². The number of phenols is 1. The lowest BCUT2D eigenvalue weighted by Crippen LogP contribution is -2.37. The number of phenolic OH excluding ortho intramolecular Hbond substituents is 1. The average molecular weight is 397 g/mol. The Labute approximate surface area is 164 Å². The molecule has 7 nitrogen and oxygen atoms in total. The van der Waals surface area contributed by atoms with Gasteiger partial charge >= 0.3 is 0 Å². The number of amides is 1. The maximum atomic E-state index is 12.2. The van der Waals surface area contributed by atoms with E-state index in [4.69, 9.17) is 0 Å². The summed E-state index contributed by atoms with van der Waals surface area (Å²) in [4.78, 5) is 37.3. The van der Waals surface area contributed by atoms with Gasteiger partial charge in [0.1, 0.15) is 11.4 Å². The molecule has 1 saturated carbocycles. The van der Waals surface area contributed by atoms with Crippen molar-refractivity contribution in [1.29, 1.82) is 0 Å². The molecular formula is C20H19N3O4S. The van der Waals surface area contributed by atoms with Gasteiger partial charge in [-0.15, -0.1) is 11.3 Å². The van der Waals surface area contributed by atoms with E-state index >= 15 is 0 Å². The third-order valence-electron chi connectivity index (χ3n) is 4.92. The van der Waals surface area contributed by atoms with Crippen molar-refractivity contribution in [1.82, 2.24) is 5.32 Å². The fourth-order valence-corrected chi connectivity index (χ4v) is 4.09. The molecule has 8 heteroatoms. The number of nitrogens with one attached hydrogen (secondary N) is 3. The summed E-state index contributed by atoms with van der Waals surface area (Å²) in [7, 11) is 1.46. The summed E-state index contributed by atoms with van der Waals surface area (Å²) in [6.45, 7) is 0. The van der Waals surface area contributed by atoms with Crippen molar-refractivity contribution in [2.24, 2.45) is 5.92 Å². The zero-order valence-corrected chi connectivity index (χ0v) is 15.9. The van der Waals surface area contributed by atoms with Crippen molar-refractivity contribution in [3.8, 4) is 5.75 Å². The van der Waals surface area contributed by atoms with Crippen LogP contribution >= 0.6 is 11.3 Å². The number of thiophene rings is 1. The molecular weight excluding hydrogens is 378 g/mol. The normalized spacial score (nSPS) is 14.6. The van der Waals surface area contributed by atoms with E-state index in [0.717, 1.165) is 17.7 Å². The molecule has 144 valence electrons. The molecule has 4 N–H and O–H groups in total. The van der Waals surface area contributed by atoms with E-state index in [0.29, 0.717) is 5.92 Å². The van der Waals surface area contributed by atoms with Crippen LogP contribution in [0.25, 0.3) is 0 Å². The van der Waals surface area contributed by atoms with E-state index in [1.807, 2.05) is 17.5 Å². The van der Waals surface area contributed by atoms with Gasteiger partial charge in [-0.05, 0) is 42.3 Å². The number of hydrogen-bond acceptors (Lipinski definition) is 7. The zero-order valence-electron chi connectivity index (χ0n) is 15.1. The minimum absolute atomic E-state index is 0.0188. The highest BCUT2D eigenvalue weighted by molar-refractivity contribution is 7.10. The standard InChI is InChI=1S/C20H19N3O4S/c1-21-20(27)11-4-2-5-12(17(11)24)22-15-16(19(26)18(15)25)23-14(10-7-8-10)13-6-3-9-28-13/h2-6,9-10,14,22-24H,7-8H2,1H3,(H,21,27). The van der Waals surface area contributed by atoms with Gasteiger partial charge in [0, 0.05) is 11.9 Å². The highest BCUT2D eigenvalue weighted by atomic mass is 32.1. The Hall–Kier alpha value is -3.13. The van der Waals surface area contributed by atoms with E-state index in [-0.39, 0.29) is 34.4 Å². The Morgan fingerprint density at radius 3 is 2.54 bits per heavy atom. The molecule has 1 amide bonds. The van der Waals surface area contributed by atoms with Crippen molar-refractivity contribution in [3.05, 3.63) is 66.6 Å². The minimum Gasteiger partial charge on any atom is -0.505 e. The summed E-state index contributed by atoms with van der Waals surface area (Å²) in [6, 6.07) is 8.55. The largest absolute Gasteiger partial charge is 0.505 e. The van der Waals surface area contributed by atoms with Crippen LogP contribution in [0.15, 0.2) is 45.3 Å². The first-order chi connectivity index (χ1) is 13.5. The number of aromatic hydroxyl groups is 1. The quantitative estimate of drug-likeness (QED) is 0.361. The topological polar surface area (TPSA) is 108 Å². The summed E-state index contributed by atoms with van der Waals surface area (Å²) >= 11 is 1.61. The van der Waals surface area contributed by atoms with Gasteiger partial charge in [-0.2, -0.15) is 0 Å². The molecule has 28 heavy (non-hydrogen) atoms. The first kappa shape index (κ1) is 18.2. The molecule has 1 aliphatic carbocycles. The Bertz CT molecular complexity index is 1100. The lowest BCUT2D eigenvalue weighted by Gasteiger charge is -2.22. The monoisotopic (exact) mass is 397 g/mol. The van der Waals surface area contributed by atoms with E-state index in [2.05, 4.69) is 16.0 Å². The molecule has 1 heterocycles. The number of carbonyl (C=O) groups is 1. The second-order valence-corrected chi connectivity index (χ2v) is 7.77. The minimum atomic E-state index is -0.645. The second-order valence-electron chi connectivity index (χ2n) is 6.79. The molecule has 0 saturated heterocycles. The molecule has 0 spiro atoms. The van der Waals surface area contributed by atoms with Crippen LogP contribution in [0.5, 0.6) is 5.75 Å². The Balaban J connectivity index is 1.63. The number of carbonyl (C=O) groups excluding carboxylic acids is 1. The molecule has 0 aliphatic heterocycles. The van der Waals surface area contributed by atoms with Gasteiger partial charge in [0.25, 0.3) is 16.8 Å². The molecule has 1 aliphatic rings. The third-order valence-corrected chi connectivity index (χ3v) is 5.88. The second kappa shape index (κ2) is 7.12. The summed E-state index contributed by atoms with van der Waals surface area (Å²) in [6.07, 6.45) is 2.14. The maximum Gasteiger partial charge on any atom is 0.254 e. The van der Waals surface area contributed by atoms with Gasteiger partial charge in [-0.25, -0.2) is 0 Å². The molecule has 1 aromatic heterocycles. The first-order valence-electron chi connectivity index (χ1n) is 8.95. The van der Waals surface area contributed by atoms with Crippen LogP contribution in [0.2, 0.25) is 0 Å². The van der Waals surface area contributed by atoms with E-state index in [1.54, 1.807) is 23.5 Å². The predicted molar refractivity (Wildman–Crippen MR) is 110 cm³/mol. The molecule has 3 aromatic rings. The third kappa shape index (κ3) is 3.16. The van der Waals surface area contributed by atoms with Gasteiger partial charge < -0.3 is 21.1 Å². The van der Waals surface area contributed by atoms with Crippen LogP contribution in [0.4, 0.5) is 17.1 Å². The van der Waals surface area contributed by atoms with E-state index in [9.17, 15) is 19.5 Å². The lowest BCUT2D eigenvalue weighted by atomic mass is 10.1. The fraction of sp³-hybridized carbons (Fsp3) is 0.250. The predicted octanol–water partition coefficient (Wildman–Crippen LogP) is 2.72. The summed E-state index contributed by atoms with van der Waals surface area (Å²) in [5.74, 6) is -0.297. The van der Waals surface area contributed by atoms with Crippen molar-refractivity contribution in [2.45, 2.75) is 18.9 Å². The van der Waals surface area contributed by atoms with Gasteiger partial charge in [0.15, 0.2) is 5.75 Å². The molecule has 0 bridgehead atoms.